The molecule has 2 aromatic heterocycles. The van der Waals surface area contributed by atoms with Crippen LogP contribution in [0.4, 0.5) is 5.69 Å². The Kier molecular flexibility index (Phi) is 4.02. The highest BCUT2D eigenvalue weighted by molar-refractivity contribution is 5.83. The Hall–Kier alpha value is -2.79. The third kappa shape index (κ3) is 2.96. The SMILES string of the molecule is CC(C)Nc1cnc2[nH]cc(CC=C(C#N)C#N)c2c1. The molecule has 2 rings (SSSR count). The minimum atomic E-state index is 0.128. The summed E-state index contributed by atoms with van der Waals surface area (Å²) in [5, 5.41) is 21.8. The number of nitriles is 2. The van der Waals surface area contributed by atoms with Crippen molar-refractivity contribution in [2.45, 2.75) is 26.3 Å². The molecule has 2 aromatic rings. The van der Waals surface area contributed by atoms with E-state index in [0.717, 1.165) is 22.3 Å². The molecule has 2 heterocycles. The second kappa shape index (κ2) is 5.90. The van der Waals surface area contributed by atoms with E-state index in [4.69, 9.17) is 10.5 Å². The maximum atomic E-state index is 8.74. The minimum absolute atomic E-state index is 0.128. The van der Waals surface area contributed by atoms with Crippen molar-refractivity contribution in [2.75, 3.05) is 5.32 Å². The van der Waals surface area contributed by atoms with E-state index in [1.54, 1.807) is 12.3 Å². The van der Waals surface area contributed by atoms with E-state index in [-0.39, 0.29) is 5.57 Å². The lowest BCUT2D eigenvalue weighted by Crippen LogP contribution is -2.09. The van der Waals surface area contributed by atoms with Crippen molar-refractivity contribution in [1.29, 1.82) is 10.5 Å². The van der Waals surface area contributed by atoms with Crippen LogP contribution in [0.5, 0.6) is 0 Å². The monoisotopic (exact) mass is 265 g/mol. The highest BCUT2D eigenvalue weighted by atomic mass is 14.9. The van der Waals surface area contributed by atoms with Crippen molar-refractivity contribution < 1.29 is 0 Å². The van der Waals surface area contributed by atoms with Gasteiger partial charge in [0.05, 0.1) is 11.9 Å². The predicted octanol–water partition coefficient (Wildman–Crippen LogP) is 2.90. The van der Waals surface area contributed by atoms with Crippen molar-refractivity contribution in [2.24, 2.45) is 0 Å². The van der Waals surface area contributed by atoms with E-state index in [1.165, 1.54) is 0 Å². The second-order valence-corrected chi connectivity index (χ2v) is 4.78. The number of allylic oxidation sites excluding steroid dienone is 2. The second-order valence-electron chi connectivity index (χ2n) is 4.78. The molecule has 100 valence electrons. The van der Waals surface area contributed by atoms with Crippen LogP contribution in [0.2, 0.25) is 0 Å². The van der Waals surface area contributed by atoms with E-state index in [2.05, 4.69) is 29.1 Å². The Labute approximate surface area is 117 Å². The van der Waals surface area contributed by atoms with Gasteiger partial charge in [-0.2, -0.15) is 10.5 Å². The Balaban J connectivity index is 2.33. The number of hydrogen-bond donors (Lipinski definition) is 2. The van der Waals surface area contributed by atoms with Gasteiger partial charge in [-0.3, -0.25) is 0 Å². The van der Waals surface area contributed by atoms with Gasteiger partial charge in [-0.1, -0.05) is 6.08 Å². The Morgan fingerprint density at radius 3 is 2.85 bits per heavy atom. The van der Waals surface area contributed by atoms with E-state index in [1.807, 2.05) is 24.4 Å². The number of aromatic amines is 1. The molecule has 0 saturated heterocycles. The number of aromatic nitrogens is 2. The van der Waals surface area contributed by atoms with Gasteiger partial charge >= 0.3 is 0 Å². The number of H-pyrrole nitrogens is 1. The number of anilines is 1. The first kappa shape index (κ1) is 13.6. The van der Waals surface area contributed by atoms with Gasteiger partial charge in [0.15, 0.2) is 0 Å². The number of pyridine rings is 1. The molecular formula is C15H15N5. The molecule has 0 aliphatic rings. The molecule has 0 aliphatic heterocycles. The fraction of sp³-hybridized carbons (Fsp3) is 0.267. The normalized spacial score (nSPS) is 10.1. The summed E-state index contributed by atoms with van der Waals surface area (Å²) in [6.07, 6.45) is 5.81. The zero-order chi connectivity index (χ0) is 14.5. The third-order valence-corrected chi connectivity index (χ3v) is 2.84. The van der Waals surface area contributed by atoms with Gasteiger partial charge in [-0.25, -0.2) is 4.98 Å². The van der Waals surface area contributed by atoms with Crippen molar-refractivity contribution in [3.8, 4) is 12.1 Å². The lowest BCUT2D eigenvalue weighted by atomic mass is 10.1. The molecule has 0 bridgehead atoms. The van der Waals surface area contributed by atoms with Crippen LogP contribution < -0.4 is 5.32 Å². The first-order valence-corrected chi connectivity index (χ1v) is 6.37. The summed E-state index contributed by atoms with van der Waals surface area (Å²) in [5.74, 6) is 0. The Morgan fingerprint density at radius 2 is 2.20 bits per heavy atom. The minimum Gasteiger partial charge on any atom is -0.382 e. The van der Waals surface area contributed by atoms with Crippen molar-refractivity contribution in [3.63, 3.8) is 0 Å². The van der Waals surface area contributed by atoms with E-state index < -0.39 is 0 Å². The number of fused-ring (bicyclic) bond motifs is 1. The van der Waals surface area contributed by atoms with Crippen LogP contribution in [-0.4, -0.2) is 16.0 Å². The van der Waals surface area contributed by atoms with Crippen LogP contribution in [-0.2, 0) is 6.42 Å². The molecule has 0 fully saturated rings. The summed E-state index contributed by atoms with van der Waals surface area (Å²) in [4.78, 5) is 7.45. The average Bonchev–Trinajstić information content (AvgIpc) is 2.82. The van der Waals surface area contributed by atoms with Crippen molar-refractivity contribution in [1.82, 2.24) is 9.97 Å². The molecule has 0 saturated carbocycles. The van der Waals surface area contributed by atoms with E-state index in [9.17, 15) is 0 Å². The molecular weight excluding hydrogens is 250 g/mol. The van der Waals surface area contributed by atoms with Crippen molar-refractivity contribution in [3.05, 3.63) is 35.7 Å². The molecule has 5 heteroatoms. The lowest BCUT2D eigenvalue weighted by molar-refractivity contribution is 0.898. The average molecular weight is 265 g/mol. The molecule has 0 amide bonds. The highest BCUT2D eigenvalue weighted by Crippen LogP contribution is 2.21. The van der Waals surface area contributed by atoms with Gasteiger partial charge in [0.1, 0.15) is 23.4 Å². The molecule has 20 heavy (non-hydrogen) atoms. The Morgan fingerprint density at radius 1 is 1.45 bits per heavy atom. The van der Waals surface area contributed by atoms with Gasteiger partial charge in [-0.15, -0.1) is 0 Å². The summed E-state index contributed by atoms with van der Waals surface area (Å²) < 4.78 is 0. The quantitative estimate of drug-likeness (QED) is 0.832. The van der Waals surface area contributed by atoms with Gasteiger partial charge in [0, 0.05) is 17.6 Å². The summed E-state index contributed by atoms with van der Waals surface area (Å²) in [7, 11) is 0. The van der Waals surface area contributed by atoms with Crippen molar-refractivity contribution >= 4 is 16.7 Å². The zero-order valence-corrected chi connectivity index (χ0v) is 11.4. The largest absolute Gasteiger partial charge is 0.382 e. The summed E-state index contributed by atoms with van der Waals surface area (Å²) >= 11 is 0. The van der Waals surface area contributed by atoms with Crippen LogP contribution in [0, 0.1) is 22.7 Å². The first-order chi connectivity index (χ1) is 9.63. The Bertz CT molecular complexity index is 709. The van der Waals surface area contributed by atoms with Crippen LogP contribution in [0.3, 0.4) is 0 Å². The molecule has 0 atom stereocenters. The van der Waals surface area contributed by atoms with Gasteiger partial charge in [-0.05, 0) is 31.9 Å². The smallest absolute Gasteiger partial charge is 0.137 e. The number of nitrogens with zero attached hydrogens (tertiary/aromatic N) is 3. The summed E-state index contributed by atoms with van der Waals surface area (Å²) in [6.45, 7) is 4.13. The van der Waals surface area contributed by atoms with Gasteiger partial charge < -0.3 is 10.3 Å². The van der Waals surface area contributed by atoms with Gasteiger partial charge in [0.25, 0.3) is 0 Å². The fourth-order valence-corrected chi connectivity index (χ4v) is 1.97. The van der Waals surface area contributed by atoms with Gasteiger partial charge in [0.2, 0.25) is 0 Å². The van der Waals surface area contributed by atoms with E-state index >= 15 is 0 Å². The fourth-order valence-electron chi connectivity index (χ4n) is 1.97. The molecule has 0 radical (unpaired) electrons. The molecule has 5 nitrogen and oxygen atoms in total. The molecule has 2 N–H and O–H groups in total. The molecule has 0 aliphatic carbocycles. The van der Waals surface area contributed by atoms with E-state index in [0.29, 0.717) is 12.5 Å². The number of hydrogen-bond acceptors (Lipinski definition) is 4. The summed E-state index contributed by atoms with van der Waals surface area (Å²) in [5.41, 5.74) is 2.91. The maximum absolute atomic E-state index is 8.74. The lowest BCUT2D eigenvalue weighted by Gasteiger charge is -2.09. The third-order valence-electron chi connectivity index (χ3n) is 2.84. The van der Waals surface area contributed by atoms with Crippen LogP contribution >= 0.6 is 0 Å². The molecule has 0 spiro atoms. The maximum Gasteiger partial charge on any atom is 0.137 e. The number of rotatable bonds is 4. The van der Waals surface area contributed by atoms with Crippen LogP contribution in [0.1, 0.15) is 19.4 Å². The molecule has 0 aromatic carbocycles. The zero-order valence-electron chi connectivity index (χ0n) is 11.4. The summed E-state index contributed by atoms with van der Waals surface area (Å²) in [6, 6.07) is 6.08. The topological polar surface area (TPSA) is 88.3 Å². The van der Waals surface area contributed by atoms with Crippen LogP contribution in [0.25, 0.3) is 11.0 Å². The predicted molar refractivity (Wildman–Crippen MR) is 77.9 cm³/mol. The standard InChI is InChI=1S/C15H15N5/c1-10(2)20-13-5-14-12(4-3-11(6-16)7-17)8-18-15(14)19-9-13/h3,5,8-10,20H,4H2,1-2H3,(H,18,19). The highest BCUT2D eigenvalue weighted by Gasteiger charge is 2.06. The molecule has 0 unspecified atom stereocenters. The first-order valence-electron chi connectivity index (χ1n) is 6.37. The van der Waals surface area contributed by atoms with Crippen LogP contribution in [0.15, 0.2) is 30.1 Å². The number of nitrogens with one attached hydrogen (secondary N) is 2.